The molecule has 5 heteroatoms. The third kappa shape index (κ3) is 3.28. The smallest absolute Gasteiger partial charge is 0.326 e. The lowest BCUT2D eigenvalue weighted by molar-refractivity contribution is -0.163. The fraction of sp³-hybridized carbons (Fsp3) is 0.800. The number of Topliss-reactive ketones (excluding diaryl/α,β-unsaturated/α-hetero) is 1. The molecule has 15 heavy (non-hydrogen) atoms. The Kier molecular flexibility index (Phi) is 4.23. The van der Waals surface area contributed by atoms with Crippen LogP contribution in [0.25, 0.3) is 0 Å². The molecular weight excluding hydrogens is 198 g/mol. The van der Waals surface area contributed by atoms with E-state index in [1.807, 2.05) is 11.9 Å². The lowest BCUT2D eigenvalue weighted by atomic mass is 10.2. The topological polar surface area (TPSA) is 55.8 Å². The van der Waals surface area contributed by atoms with E-state index in [1.54, 1.807) is 6.92 Å². The van der Waals surface area contributed by atoms with Crippen LogP contribution in [-0.2, 0) is 19.1 Å². The van der Waals surface area contributed by atoms with Crippen molar-refractivity contribution in [3.8, 4) is 0 Å². The van der Waals surface area contributed by atoms with Gasteiger partial charge in [-0.25, -0.2) is 0 Å². The highest BCUT2D eigenvalue weighted by molar-refractivity contribution is 5.84. The summed E-state index contributed by atoms with van der Waals surface area (Å²) in [4.78, 5) is 24.4. The fourth-order valence-corrected chi connectivity index (χ4v) is 1.27. The van der Waals surface area contributed by atoms with Gasteiger partial charge < -0.3 is 9.47 Å². The Hall–Kier alpha value is -0.940. The number of nitrogens with zero attached hydrogens (tertiary/aromatic N) is 1. The number of hydrogen-bond donors (Lipinski definition) is 0. The summed E-state index contributed by atoms with van der Waals surface area (Å²) in [6.45, 7) is 4.64. The van der Waals surface area contributed by atoms with Gasteiger partial charge in [-0.2, -0.15) is 0 Å². The molecule has 0 aromatic rings. The minimum absolute atomic E-state index is 0.150. The van der Waals surface area contributed by atoms with Crippen LogP contribution in [0.4, 0.5) is 0 Å². The Balaban J connectivity index is 2.48. The minimum Gasteiger partial charge on any atom is -0.453 e. The van der Waals surface area contributed by atoms with Gasteiger partial charge in [-0.3, -0.25) is 14.5 Å². The lowest BCUT2D eigenvalue weighted by Gasteiger charge is -2.31. The molecule has 0 saturated carbocycles. The van der Waals surface area contributed by atoms with Crippen LogP contribution < -0.4 is 0 Å². The highest BCUT2D eigenvalue weighted by atomic mass is 16.6. The van der Waals surface area contributed by atoms with Gasteiger partial charge in [-0.1, -0.05) is 0 Å². The van der Waals surface area contributed by atoms with E-state index in [2.05, 4.69) is 0 Å². The molecule has 5 nitrogen and oxygen atoms in total. The molecule has 0 spiro atoms. The quantitative estimate of drug-likeness (QED) is 0.612. The van der Waals surface area contributed by atoms with Crippen molar-refractivity contribution in [3.05, 3.63) is 0 Å². The third-order valence-electron chi connectivity index (χ3n) is 2.53. The van der Waals surface area contributed by atoms with Crippen molar-refractivity contribution in [3.63, 3.8) is 0 Å². The first-order valence-corrected chi connectivity index (χ1v) is 5.01. The zero-order chi connectivity index (χ0) is 11.4. The molecule has 1 rings (SSSR count). The number of hydrogen-bond acceptors (Lipinski definition) is 5. The monoisotopic (exact) mass is 215 g/mol. The van der Waals surface area contributed by atoms with Gasteiger partial charge in [-0.05, 0) is 20.9 Å². The Bertz CT molecular complexity index is 254. The predicted molar refractivity (Wildman–Crippen MR) is 53.5 cm³/mol. The number of carbonyl (C=O) groups is 2. The van der Waals surface area contributed by atoms with Crippen molar-refractivity contribution in [1.29, 1.82) is 0 Å². The standard InChI is InChI=1S/C10H17NO4/c1-7(12)8(2)15-10(13)9-6-14-5-4-11(9)3/h8-9H,4-6H2,1-3H3/t8-,9+/m0/s1. The molecule has 0 aromatic carbocycles. The molecule has 0 aliphatic carbocycles. The summed E-state index contributed by atoms with van der Waals surface area (Å²) in [6.07, 6.45) is -0.673. The first-order valence-electron chi connectivity index (χ1n) is 5.01. The van der Waals surface area contributed by atoms with E-state index in [9.17, 15) is 9.59 Å². The predicted octanol–water partition coefficient (Wildman–Crippen LogP) is -0.162. The first-order chi connectivity index (χ1) is 7.02. The second-order valence-corrected chi connectivity index (χ2v) is 3.76. The molecule has 0 N–H and O–H groups in total. The number of esters is 1. The maximum Gasteiger partial charge on any atom is 0.326 e. The summed E-state index contributed by atoms with van der Waals surface area (Å²) in [5.41, 5.74) is 0. The number of rotatable bonds is 3. The summed E-state index contributed by atoms with van der Waals surface area (Å²) in [7, 11) is 1.84. The number of ketones is 1. The minimum atomic E-state index is -0.673. The summed E-state index contributed by atoms with van der Waals surface area (Å²) in [5.74, 6) is -0.539. The van der Waals surface area contributed by atoms with Crippen molar-refractivity contribution in [2.45, 2.75) is 26.0 Å². The molecule has 0 amide bonds. The maximum absolute atomic E-state index is 11.6. The second kappa shape index (κ2) is 5.23. The Labute approximate surface area is 89.3 Å². The number of ether oxygens (including phenoxy) is 2. The van der Waals surface area contributed by atoms with Gasteiger partial charge in [0.2, 0.25) is 0 Å². The summed E-state index contributed by atoms with van der Waals surface area (Å²) < 4.78 is 10.2. The molecule has 1 heterocycles. The molecule has 1 saturated heterocycles. The van der Waals surface area contributed by atoms with Gasteiger partial charge in [0.25, 0.3) is 0 Å². The van der Waals surface area contributed by atoms with Crippen LogP contribution in [0.2, 0.25) is 0 Å². The molecule has 86 valence electrons. The SMILES string of the molecule is CC(=O)[C@H](C)OC(=O)[C@H]1COCCN1C. The van der Waals surface area contributed by atoms with E-state index in [-0.39, 0.29) is 17.8 Å². The van der Waals surface area contributed by atoms with Crippen molar-refractivity contribution >= 4 is 11.8 Å². The van der Waals surface area contributed by atoms with Gasteiger partial charge in [0.15, 0.2) is 11.9 Å². The fourth-order valence-electron chi connectivity index (χ4n) is 1.27. The van der Waals surface area contributed by atoms with E-state index in [0.717, 1.165) is 0 Å². The average Bonchev–Trinajstić information content (AvgIpc) is 2.18. The number of likely N-dealkylation sites (N-methyl/N-ethyl adjacent to an activating group) is 1. The van der Waals surface area contributed by atoms with Gasteiger partial charge in [-0.15, -0.1) is 0 Å². The van der Waals surface area contributed by atoms with Crippen LogP contribution in [-0.4, -0.2) is 55.6 Å². The van der Waals surface area contributed by atoms with Gasteiger partial charge in [0, 0.05) is 6.54 Å². The molecular formula is C10H17NO4. The van der Waals surface area contributed by atoms with E-state index >= 15 is 0 Å². The van der Waals surface area contributed by atoms with Crippen molar-refractivity contribution in [2.75, 3.05) is 26.8 Å². The third-order valence-corrected chi connectivity index (χ3v) is 2.53. The van der Waals surface area contributed by atoms with Crippen LogP contribution in [0.1, 0.15) is 13.8 Å². The molecule has 1 fully saturated rings. The average molecular weight is 215 g/mol. The van der Waals surface area contributed by atoms with Crippen molar-refractivity contribution in [1.82, 2.24) is 4.90 Å². The van der Waals surface area contributed by atoms with E-state index in [4.69, 9.17) is 9.47 Å². The van der Waals surface area contributed by atoms with Gasteiger partial charge >= 0.3 is 5.97 Å². The molecule has 1 aliphatic heterocycles. The van der Waals surface area contributed by atoms with E-state index in [0.29, 0.717) is 19.8 Å². The van der Waals surface area contributed by atoms with Crippen LogP contribution in [0, 0.1) is 0 Å². The lowest BCUT2D eigenvalue weighted by Crippen LogP contribution is -2.49. The highest BCUT2D eigenvalue weighted by Gasteiger charge is 2.29. The molecule has 0 unspecified atom stereocenters. The summed E-state index contributed by atoms with van der Waals surface area (Å²) in [5, 5.41) is 0. The van der Waals surface area contributed by atoms with Crippen LogP contribution in [0.3, 0.4) is 0 Å². The Morgan fingerprint density at radius 2 is 2.20 bits per heavy atom. The molecule has 2 atom stereocenters. The van der Waals surface area contributed by atoms with Gasteiger partial charge in [0.1, 0.15) is 6.04 Å². The van der Waals surface area contributed by atoms with Gasteiger partial charge in [0.05, 0.1) is 13.2 Å². The highest BCUT2D eigenvalue weighted by Crippen LogP contribution is 2.07. The van der Waals surface area contributed by atoms with E-state index < -0.39 is 6.10 Å². The number of carbonyl (C=O) groups excluding carboxylic acids is 2. The van der Waals surface area contributed by atoms with Crippen LogP contribution in [0.5, 0.6) is 0 Å². The summed E-state index contributed by atoms with van der Waals surface area (Å²) in [6, 6.07) is -0.388. The van der Waals surface area contributed by atoms with Crippen molar-refractivity contribution in [2.24, 2.45) is 0 Å². The molecule has 1 aliphatic rings. The molecule has 0 aromatic heterocycles. The van der Waals surface area contributed by atoms with Crippen LogP contribution in [0.15, 0.2) is 0 Å². The first kappa shape index (κ1) is 12.1. The largest absolute Gasteiger partial charge is 0.453 e. The van der Waals surface area contributed by atoms with E-state index in [1.165, 1.54) is 6.92 Å². The molecule has 0 bridgehead atoms. The molecule has 0 radical (unpaired) electrons. The zero-order valence-electron chi connectivity index (χ0n) is 9.36. The Morgan fingerprint density at radius 1 is 1.53 bits per heavy atom. The van der Waals surface area contributed by atoms with Crippen molar-refractivity contribution < 1.29 is 19.1 Å². The van der Waals surface area contributed by atoms with Crippen LogP contribution >= 0.6 is 0 Å². The zero-order valence-corrected chi connectivity index (χ0v) is 9.36. The second-order valence-electron chi connectivity index (χ2n) is 3.76. The maximum atomic E-state index is 11.6. The number of morpholine rings is 1. The normalized spacial score (nSPS) is 24.6. The summed E-state index contributed by atoms with van der Waals surface area (Å²) >= 11 is 0. The Morgan fingerprint density at radius 3 is 2.73 bits per heavy atom.